The van der Waals surface area contributed by atoms with E-state index in [2.05, 4.69) is 16.8 Å². The Balaban J connectivity index is 0.00000261. The van der Waals surface area contributed by atoms with Crippen LogP contribution in [0.3, 0.4) is 0 Å². The van der Waals surface area contributed by atoms with Gasteiger partial charge in [-0.3, -0.25) is 0 Å². The van der Waals surface area contributed by atoms with E-state index in [9.17, 15) is 4.39 Å². The largest absolute Gasteiger partial charge is 0.493 e. The van der Waals surface area contributed by atoms with Crippen LogP contribution in [-0.4, -0.2) is 7.11 Å². The molecule has 3 rings (SSSR count). The van der Waals surface area contributed by atoms with Crippen molar-refractivity contribution in [3.05, 3.63) is 80.8 Å². The summed E-state index contributed by atoms with van der Waals surface area (Å²) in [5.41, 5.74) is 1.86. The van der Waals surface area contributed by atoms with Gasteiger partial charge < -0.3 is 14.8 Å². The van der Waals surface area contributed by atoms with Crippen molar-refractivity contribution in [3.8, 4) is 11.5 Å². The quantitative estimate of drug-likeness (QED) is 0.489. The number of halogens is 3. The van der Waals surface area contributed by atoms with Crippen LogP contribution >= 0.6 is 35.3 Å². The van der Waals surface area contributed by atoms with Crippen LogP contribution in [0.4, 0.5) is 4.39 Å². The highest BCUT2D eigenvalue weighted by atomic mass is 35.5. The fourth-order valence-corrected chi connectivity index (χ4v) is 3.46. The molecule has 0 atom stereocenters. The second kappa shape index (κ2) is 10.5. The number of rotatable bonds is 8. The van der Waals surface area contributed by atoms with Gasteiger partial charge in [-0.05, 0) is 46.8 Å². The molecule has 3 aromatic rings. The Morgan fingerprint density at radius 1 is 1.07 bits per heavy atom. The summed E-state index contributed by atoms with van der Waals surface area (Å²) >= 11 is 8.11. The van der Waals surface area contributed by atoms with Crippen molar-refractivity contribution in [1.29, 1.82) is 0 Å². The van der Waals surface area contributed by atoms with Crippen LogP contribution < -0.4 is 14.8 Å². The smallest absolute Gasteiger partial charge is 0.180 e. The van der Waals surface area contributed by atoms with Gasteiger partial charge in [-0.15, -0.1) is 23.7 Å². The highest BCUT2D eigenvalue weighted by Crippen LogP contribution is 2.37. The minimum absolute atomic E-state index is 0. The van der Waals surface area contributed by atoms with Gasteiger partial charge in [0.05, 0.1) is 12.1 Å². The lowest BCUT2D eigenvalue weighted by atomic mass is 10.2. The predicted molar refractivity (Wildman–Crippen MR) is 111 cm³/mol. The molecule has 3 nitrogen and oxygen atoms in total. The highest BCUT2D eigenvalue weighted by Gasteiger charge is 2.12. The summed E-state index contributed by atoms with van der Waals surface area (Å²) in [6.07, 6.45) is 0. The third-order valence-electron chi connectivity index (χ3n) is 3.79. The van der Waals surface area contributed by atoms with E-state index in [1.165, 1.54) is 17.0 Å². The molecule has 0 aliphatic heterocycles. The van der Waals surface area contributed by atoms with Crippen LogP contribution in [0.1, 0.15) is 16.0 Å². The number of hydrogen-bond acceptors (Lipinski definition) is 4. The minimum Gasteiger partial charge on any atom is -0.493 e. The van der Waals surface area contributed by atoms with Gasteiger partial charge >= 0.3 is 0 Å². The normalized spacial score (nSPS) is 10.3. The first-order valence-corrected chi connectivity index (χ1v) is 9.38. The zero-order valence-electron chi connectivity index (χ0n) is 14.7. The van der Waals surface area contributed by atoms with Crippen molar-refractivity contribution < 1.29 is 13.9 Å². The lowest BCUT2D eigenvalue weighted by Gasteiger charge is -2.14. The van der Waals surface area contributed by atoms with Crippen LogP contribution in [0, 0.1) is 5.82 Å². The number of methoxy groups -OCH3 is 1. The average molecular weight is 428 g/mol. The molecule has 0 aliphatic carbocycles. The maximum absolute atomic E-state index is 13.0. The van der Waals surface area contributed by atoms with E-state index in [0.717, 1.165) is 17.7 Å². The lowest BCUT2D eigenvalue weighted by molar-refractivity contribution is 0.284. The summed E-state index contributed by atoms with van der Waals surface area (Å²) in [5.74, 6) is 0.789. The molecule has 2 aromatic carbocycles. The molecule has 0 amide bonds. The van der Waals surface area contributed by atoms with E-state index in [1.54, 1.807) is 30.6 Å². The summed E-state index contributed by atoms with van der Waals surface area (Å²) in [4.78, 5) is 1.28. The van der Waals surface area contributed by atoms with Crippen molar-refractivity contribution in [3.63, 3.8) is 0 Å². The van der Waals surface area contributed by atoms with Gasteiger partial charge in [0.15, 0.2) is 11.5 Å². The number of thiophene rings is 1. The third kappa shape index (κ3) is 6.11. The summed E-state index contributed by atoms with van der Waals surface area (Å²) in [5, 5.41) is 5.93. The van der Waals surface area contributed by atoms with E-state index in [0.29, 0.717) is 23.1 Å². The second-order valence-electron chi connectivity index (χ2n) is 5.71. The summed E-state index contributed by atoms with van der Waals surface area (Å²) in [6, 6.07) is 14.1. The van der Waals surface area contributed by atoms with Crippen molar-refractivity contribution in [2.75, 3.05) is 7.11 Å². The maximum atomic E-state index is 13.0. The molecular formula is C20H20Cl2FNO2S. The Hall–Kier alpha value is -1.79. The van der Waals surface area contributed by atoms with Gasteiger partial charge in [0, 0.05) is 18.0 Å². The van der Waals surface area contributed by atoms with Crippen molar-refractivity contribution in [2.24, 2.45) is 0 Å². The molecule has 1 aromatic heterocycles. The summed E-state index contributed by atoms with van der Waals surface area (Å²) in [7, 11) is 1.58. The molecule has 1 heterocycles. The zero-order chi connectivity index (χ0) is 18.4. The zero-order valence-corrected chi connectivity index (χ0v) is 17.1. The first-order chi connectivity index (χ1) is 12.7. The number of hydrogen-bond donors (Lipinski definition) is 1. The molecule has 144 valence electrons. The first kappa shape index (κ1) is 21.5. The van der Waals surface area contributed by atoms with Gasteiger partial charge in [-0.2, -0.15) is 0 Å². The SMILES string of the molecule is COc1cc(CNCc2cccs2)cc(Cl)c1OCc1ccc(F)cc1.Cl. The molecular weight excluding hydrogens is 408 g/mol. The molecule has 0 aliphatic rings. The predicted octanol–water partition coefficient (Wildman–Crippen LogP) is 5.84. The molecule has 0 saturated carbocycles. The summed E-state index contributed by atoms with van der Waals surface area (Å²) < 4.78 is 24.2. The number of ether oxygens (including phenoxy) is 2. The second-order valence-corrected chi connectivity index (χ2v) is 7.15. The van der Waals surface area contributed by atoms with E-state index < -0.39 is 0 Å². The fourth-order valence-electron chi connectivity index (χ4n) is 2.49. The standard InChI is InChI=1S/C20H19ClFNO2S.ClH/c1-24-19-10-15(11-23-12-17-3-2-8-26-17)9-18(21)20(19)25-13-14-4-6-16(22)7-5-14;/h2-10,23H,11-13H2,1H3;1H. The summed E-state index contributed by atoms with van der Waals surface area (Å²) in [6.45, 7) is 1.76. The van der Waals surface area contributed by atoms with Crippen LogP contribution in [0.25, 0.3) is 0 Å². The molecule has 0 bridgehead atoms. The molecule has 27 heavy (non-hydrogen) atoms. The Morgan fingerprint density at radius 2 is 1.85 bits per heavy atom. The van der Waals surface area contributed by atoms with Gasteiger partial charge in [-0.25, -0.2) is 4.39 Å². The molecule has 0 unspecified atom stereocenters. The van der Waals surface area contributed by atoms with E-state index in [4.69, 9.17) is 21.1 Å². The van der Waals surface area contributed by atoms with Crippen LogP contribution in [0.15, 0.2) is 53.9 Å². The fraction of sp³-hybridized carbons (Fsp3) is 0.200. The number of nitrogens with one attached hydrogen (secondary N) is 1. The van der Waals surface area contributed by atoms with Crippen molar-refractivity contribution in [2.45, 2.75) is 19.7 Å². The van der Waals surface area contributed by atoms with Crippen LogP contribution in [0.2, 0.25) is 5.02 Å². The topological polar surface area (TPSA) is 30.5 Å². The lowest BCUT2D eigenvalue weighted by Crippen LogP contribution is -2.12. The maximum Gasteiger partial charge on any atom is 0.180 e. The van der Waals surface area contributed by atoms with Gasteiger partial charge in [0.1, 0.15) is 12.4 Å². The van der Waals surface area contributed by atoms with Crippen LogP contribution in [0.5, 0.6) is 11.5 Å². The Labute approximate surface area is 173 Å². The van der Waals surface area contributed by atoms with Gasteiger partial charge in [-0.1, -0.05) is 29.8 Å². The molecule has 1 N–H and O–H groups in total. The van der Waals surface area contributed by atoms with Crippen LogP contribution in [-0.2, 0) is 19.7 Å². The van der Waals surface area contributed by atoms with E-state index in [1.807, 2.05) is 18.2 Å². The minimum atomic E-state index is -0.274. The molecule has 7 heteroatoms. The Morgan fingerprint density at radius 3 is 2.52 bits per heavy atom. The molecule has 0 saturated heterocycles. The molecule has 0 spiro atoms. The molecule has 0 fully saturated rings. The Bertz CT molecular complexity index is 842. The van der Waals surface area contributed by atoms with E-state index in [-0.39, 0.29) is 24.8 Å². The van der Waals surface area contributed by atoms with E-state index >= 15 is 0 Å². The number of benzene rings is 2. The first-order valence-electron chi connectivity index (χ1n) is 8.12. The Kier molecular flexibility index (Phi) is 8.38. The monoisotopic (exact) mass is 427 g/mol. The average Bonchev–Trinajstić information content (AvgIpc) is 3.15. The highest BCUT2D eigenvalue weighted by molar-refractivity contribution is 7.09. The van der Waals surface area contributed by atoms with Gasteiger partial charge in [0.2, 0.25) is 0 Å². The molecule has 0 radical (unpaired) electrons. The van der Waals surface area contributed by atoms with Crippen molar-refractivity contribution in [1.82, 2.24) is 5.32 Å². The van der Waals surface area contributed by atoms with Crippen molar-refractivity contribution >= 4 is 35.3 Å². The third-order valence-corrected chi connectivity index (χ3v) is 4.95. The van der Waals surface area contributed by atoms with Gasteiger partial charge in [0.25, 0.3) is 0 Å².